The molecular formula is C28H30FN3O4. The zero-order valence-electron chi connectivity index (χ0n) is 20.5. The highest BCUT2D eigenvalue weighted by molar-refractivity contribution is 6.08. The number of carbonyl (C=O) groups excluding carboxylic acids is 3. The lowest BCUT2D eigenvalue weighted by molar-refractivity contribution is -0.143. The van der Waals surface area contributed by atoms with Crippen molar-refractivity contribution in [3.63, 3.8) is 0 Å². The van der Waals surface area contributed by atoms with Gasteiger partial charge in [-0.05, 0) is 61.7 Å². The molecule has 0 saturated heterocycles. The van der Waals surface area contributed by atoms with Crippen LogP contribution in [-0.2, 0) is 27.2 Å². The molecule has 0 saturated carbocycles. The van der Waals surface area contributed by atoms with Crippen molar-refractivity contribution in [3.8, 4) is 0 Å². The SMILES string of the molecule is CCCC(=O)Cc1cc(Nc2cccc(F)c2)c(C(=O)Nc2ccc(CCC(=O)OCC)cc2)cn1. The number of hydrogen-bond donors (Lipinski definition) is 2. The van der Waals surface area contributed by atoms with Gasteiger partial charge >= 0.3 is 5.97 Å². The molecule has 0 unspecified atom stereocenters. The van der Waals surface area contributed by atoms with Gasteiger partial charge in [0.05, 0.1) is 17.9 Å². The number of rotatable bonds is 12. The van der Waals surface area contributed by atoms with E-state index in [1.165, 1.54) is 18.3 Å². The number of ether oxygens (including phenoxy) is 1. The summed E-state index contributed by atoms with van der Waals surface area (Å²) in [6.45, 7) is 4.05. The maximum absolute atomic E-state index is 13.7. The lowest BCUT2D eigenvalue weighted by atomic mass is 10.1. The second kappa shape index (κ2) is 13.1. The Morgan fingerprint density at radius 2 is 1.75 bits per heavy atom. The monoisotopic (exact) mass is 491 g/mol. The topological polar surface area (TPSA) is 97.4 Å². The third-order valence-corrected chi connectivity index (χ3v) is 5.35. The molecule has 8 heteroatoms. The fourth-order valence-electron chi connectivity index (χ4n) is 3.60. The normalized spacial score (nSPS) is 10.5. The van der Waals surface area contributed by atoms with E-state index in [9.17, 15) is 18.8 Å². The average molecular weight is 492 g/mol. The summed E-state index contributed by atoms with van der Waals surface area (Å²) in [5.41, 5.74) is 3.16. The van der Waals surface area contributed by atoms with Crippen LogP contribution in [0.5, 0.6) is 0 Å². The number of nitrogens with one attached hydrogen (secondary N) is 2. The van der Waals surface area contributed by atoms with Crippen molar-refractivity contribution < 1.29 is 23.5 Å². The van der Waals surface area contributed by atoms with Crippen LogP contribution in [0.1, 0.15) is 54.7 Å². The van der Waals surface area contributed by atoms with Crippen LogP contribution in [0.4, 0.5) is 21.5 Å². The quantitative estimate of drug-likeness (QED) is 0.319. The average Bonchev–Trinajstić information content (AvgIpc) is 2.84. The van der Waals surface area contributed by atoms with Crippen LogP contribution in [0.25, 0.3) is 0 Å². The summed E-state index contributed by atoms with van der Waals surface area (Å²) in [4.78, 5) is 41.1. The smallest absolute Gasteiger partial charge is 0.306 e. The van der Waals surface area contributed by atoms with Gasteiger partial charge in [-0.1, -0.05) is 25.1 Å². The van der Waals surface area contributed by atoms with Crippen LogP contribution in [0, 0.1) is 5.82 Å². The zero-order valence-corrected chi connectivity index (χ0v) is 20.5. The molecule has 0 atom stereocenters. The Labute approximate surface area is 210 Å². The number of hydrogen-bond acceptors (Lipinski definition) is 6. The number of Topliss-reactive ketones (excluding diaryl/α,β-unsaturated/α-hetero) is 1. The molecule has 0 aliphatic heterocycles. The van der Waals surface area contributed by atoms with Crippen molar-refractivity contribution in [2.45, 2.75) is 46.0 Å². The van der Waals surface area contributed by atoms with E-state index in [0.717, 1.165) is 12.0 Å². The standard InChI is InChI=1S/C28H30FN3O4/c1-3-6-24(33)16-23-17-26(31-22-8-5-7-20(29)15-22)25(18-30-23)28(35)32-21-12-9-19(10-13-21)11-14-27(34)36-4-2/h5,7-10,12-13,15,17-18H,3-4,6,11,14,16H2,1-2H3,(H,30,31)(H,32,35). The van der Waals surface area contributed by atoms with Crippen molar-refractivity contribution in [3.05, 3.63) is 83.4 Å². The molecule has 188 valence electrons. The van der Waals surface area contributed by atoms with Gasteiger partial charge in [-0.25, -0.2) is 4.39 Å². The second-order valence-electron chi connectivity index (χ2n) is 8.28. The van der Waals surface area contributed by atoms with Gasteiger partial charge in [-0.15, -0.1) is 0 Å². The van der Waals surface area contributed by atoms with Gasteiger partial charge in [0, 0.05) is 42.5 Å². The van der Waals surface area contributed by atoms with Crippen molar-refractivity contribution in [1.82, 2.24) is 4.98 Å². The van der Waals surface area contributed by atoms with E-state index in [1.807, 2.05) is 19.1 Å². The Bertz CT molecular complexity index is 1210. The molecule has 0 aliphatic carbocycles. The molecular weight excluding hydrogens is 461 g/mol. The predicted molar refractivity (Wildman–Crippen MR) is 137 cm³/mol. The summed E-state index contributed by atoms with van der Waals surface area (Å²) in [5.74, 6) is -1.02. The molecule has 1 heterocycles. The minimum Gasteiger partial charge on any atom is -0.466 e. The number of pyridine rings is 1. The molecule has 1 aromatic heterocycles. The molecule has 1 amide bonds. The maximum atomic E-state index is 13.7. The van der Waals surface area contributed by atoms with E-state index in [-0.39, 0.29) is 30.2 Å². The highest BCUT2D eigenvalue weighted by atomic mass is 19.1. The van der Waals surface area contributed by atoms with Crippen LogP contribution >= 0.6 is 0 Å². The van der Waals surface area contributed by atoms with Gasteiger partial charge in [0.25, 0.3) is 5.91 Å². The first-order chi connectivity index (χ1) is 17.4. The number of nitrogens with zero attached hydrogens (tertiary/aromatic N) is 1. The largest absolute Gasteiger partial charge is 0.466 e. The number of benzene rings is 2. The summed E-state index contributed by atoms with van der Waals surface area (Å²) in [7, 11) is 0. The predicted octanol–water partition coefficient (Wildman–Crippen LogP) is 5.62. The number of ketones is 1. The Balaban J connectivity index is 1.77. The molecule has 3 rings (SSSR count). The van der Waals surface area contributed by atoms with Gasteiger partial charge in [-0.3, -0.25) is 19.4 Å². The van der Waals surface area contributed by atoms with Crippen LogP contribution in [0.15, 0.2) is 60.8 Å². The highest BCUT2D eigenvalue weighted by Crippen LogP contribution is 2.24. The molecule has 0 fully saturated rings. The van der Waals surface area contributed by atoms with Gasteiger partial charge in [0.1, 0.15) is 11.6 Å². The minimum atomic E-state index is -0.415. The first-order valence-corrected chi connectivity index (χ1v) is 12.0. The number of halogens is 1. The lowest BCUT2D eigenvalue weighted by Crippen LogP contribution is -2.15. The van der Waals surface area contributed by atoms with E-state index >= 15 is 0 Å². The third-order valence-electron chi connectivity index (χ3n) is 5.35. The van der Waals surface area contributed by atoms with Crippen molar-refractivity contribution >= 4 is 34.7 Å². The Hall–Kier alpha value is -4.07. The molecule has 36 heavy (non-hydrogen) atoms. The molecule has 0 bridgehead atoms. The summed E-state index contributed by atoms with van der Waals surface area (Å²) in [5, 5.41) is 5.91. The summed E-state index contributed by atoms with van der Waals surface area (Å²) < 4.78 is 18.7. The molecule has 0 radical (unpaired) electrons. The number of amides is 1. The Morgan fingerprint density at radius 1 is 0.972 bits per heavy atom. The van der Waals surface area contributed by atoms with Crippen molar-refractivity contribution in [2.24, 2.45) is 0 Å². The zero-order chi connectivity index (χ0) is 25.9. The van der Waals surface area contributed by atoms with Crippen LogP contribution in [0.3, 0.4) is 0 Å². The maximum Gasteiger partial charge on any atom is 0.306 e. The first-order valence-electron chi connectivity index (χ1n) is 12.0. The van der Waals surface area contributed by atoms with E-state index in [0.29, 0.717) is 42.2 Å². The van der Waals surface area contributed by atoms with Gasteiger partial charge < -0.3 is 15.4 Å². The van der Waals surface area contributed by atoms with Gasteiger partial charge in [0.2, 0.25) is 0 Å². The molecule has 0 aliphatic rings. The molecule has 3 aromatic rings. The van der Waals surface area contributed by atoms with Crippen molar-refractivity contribution in [2.75, 3.05) is 17.2 Å². The number of anilines is 3. The van der Waals surface area contributed by atoms with E-state index in [4.69, 9.17) is 4.74 Å². The highest BCUT2D eigenvalue weighted by Gasteiger charge is 2.16. The van der Waals surface area contributed by atoms with Gasteiger partial charge in [0.15, 0.2) is 0 Å². The molecule has 2 aromatic carbocycles. The Morgan fingerprint density at radius 3 is 2.44 bits per heavy atom. The fraction of sp³-hybridized carbons (Fsp3) is 0.286. The van der Waals surface area contributed by atoms with E-state index in [2.05, 4.69) is 15.6 Å². The number of aromatic nitrogens is 1. The number of esters is 1. The second-order valence-corrected chi connectivity index (χ2v) is 8.28. The fourth-order valence-corrected chi connectivity index (χ4v) is 3.60. The van der Waals surface area contributed by atoms with Crippen LogP contribution in [0.2, 0.25) is 0 Å². The van der Waals surface area contributed by atoms with E-state index in [1.54, 1.807) is 37.3 Å². The van der Waals surface area contributed by atoms with Crippen LogP contribution < -0.4 is 10.6 Å². The molecule has 7 nitrogen and oxygen atoms in total. The van der Waals surface area contributed by atoms with Crippen molar-refractivity contribution in [1.29, 1.82) is 0 Å². The lowest BCUT2D eigenvalue weighted by Gasteiger charge is -2.14. The number of carbonyl (C=O) groups is 3. The van der Waals surface area contributed by atoms with Crippen LogP contribution in [-0.4, -0.2) is 29.3 Å². The third kappa shape index (κ3) is 8.01. The van der Waals surface area contributed by atoms with E-state index < -0.39 is 11.7 Å². The molecule has 0 spiro atoms. The summed E-state index contributed by atoms with van der Waals surface area (Å²) in [6, 6.07) is 14.7. The first kappa shape index (κ1) is 26.5. The number of aryl methyl sites for hydroxylation is 1. The summed E-state index contributed by atoms with van der Waals surface area (Å²) >= 11 is 0. The Kier molecular flexibility index (Phi) is 9.68. The molecule has 2 N–H and O–H groups in total. The minimum absolute atomic E-state index is 0.0574. The van der Waals surface area contributed by atoms with Gasteiger partial charge in [-0.2, -0.15) is 0 Å². The summed E-state index contributed by atoms with van der Waals surface area (Å²) in [6.07, 6.45) is 3.59.